The van der Waals surface area contributed by atoms with Crippen LogP contribution in [-0.4, -0.2) is 55.5 Å². The maximum Gasteiger partial charge on any atom is 0.338 e. The summed E-state index contributed by atoms with van der Waals surface area (Å²) in [5.74, 6) is -1.59. The number of nitrogens with one attached hydrogen (secondary N) is 3. The van der Waals surface area contributed by atoms with Crippen molar-refractivity contribution in [3.05, 3.63) is 55.9 Å². The van der Waals surface area contributed by atoms with Crippen molar-refractivity contribution in [1.29, 1.82) is 0 Å². The molecular formula is C18H16BrClN4O7S. The van der Waals surface area contributed by atoms with Gasteiger partial charge < -0.3 is 20.0 Å². The molecule has 3 rings (SSSR count). The molecule has 0 fully saturated rings. The molecule has 3 N–H and O–H groups in total. The van der Waals surface area contributed by atoms with Crippen LogP contribution in [0.2, 0.25) is 5.02 Å². The molecule has 0 saturated carbocycles. The summed E-state index contributed by atoms with van der Waals surface area (Å²) < 4.78 is 30.9. The Kier molecular flexibility index (Phi) is 7.05. The number of anilines is 1. The van der Waals surface area contributed by atoms with E-state index in [1.165, 1.54) is 25.2 Å². The molecule has 3 aromatic rings. The fourth-order valence-corrected chi connectivity index (χ4v) is 4.53. The van der Waals surface area contributed by atoms with Crippen LogP contribution >= 0.6 is 27.5 Å². The van der Waals surface area contributed by atoms with Crippen LogP contribution in [-0.2, 0) is 24.4 Å². The van der Waals surface area contributed by atoms with Crippen LogP contribution in [0, 0.1) is 0 Å². The van der Waals surface area contributed by atoms with Crippen molar-refractivity contribution in [2.75, 3.05) is 26.1 Å². The molecule has 11 nitrogen and oxygen atoms in total. The highest BCUT2D eigenvalue weighted by molar-refractivity contribution is 9.10. The number of imidazole rings is 1. The van der Waals surface area contributed by atoms with Gasteiger partial charge in [0.2, 0.25) is 0 Å². The van der Waals surface area contributed by atoms with E-state index in [4.69, 9.17) is 21.2 Å². The van der Waals surface area contributed by atoms with Crippen LogP contribution in [0.1, 0.15) is 10.4 Å². The quantitative estimate of drug-likeness (QED) is 0.303. The van der Waals surface area contributed by atoms with Gasteiger partial charge in [0.05, 0.1) is 34.4 Å². The smallest absolute Gasteiger partial charge is 0.338 e. The maximum absolute atomic E-state index is 12.4. The van der Waals surface area contributed by atoms with E-state index in [2.05, 4.69) is 31.2 Å². The summed E-state index contributed by atoms with van der Waals surface area (Å²) in [5.41, 5.74) is 0.833. The first-order chi connectivity index (χ1) is 15.0. The lowest BCUT2D eigenvalue weighted by Gasteiger charge is -2.15. The number of hydroxylamine groups is 1. The van der Waals surface area contributed by atoms with Gasteiger partial charge >= 0.3 is 11.7 Å². The number of nitrogens with zero attached hydrogens (tertiary/aromatic N) is 1. The second-order valence-electron chi connectivity index (χ2n) is 6.32. The van der Waals surface area contributed by atoms with Crippen LogP contribution in [0.15, 0.2) is 44.5 Å². The molecule has 0 spiro atoms. The summed E-state index contributed by atoms with van der Waals surface area (Å²) in [5, 5.41) is 2.43. The predicted octanol–water partition coefficient (Wildman–Crippen LogP) is 2.25. The van der Waals surface area contributed by atoms with Crippen LogP contribution in [0.5, 0.6) is 0 Å². The lowest BCUT2D eigenvalue weighted by molar-refractivity contribution is -0.119. The third-order valence-electron chi connectivity index (χ3n) is 4.25. The minimum absolute atomic E-state index is 0.119. The fourth-order valence-electron chi connectivity index (χ4n) is 2.62. The molecule has 0 radical (unpaired) electrons. The Morgan fingerprint density at radius 2 is 1.84 bits per heavy atom. The number of aromatic amines is 2. The SMILES string of the molecule is CON(C)S(=O)(=O)c1cc(C(=O)OCC(=O)Nc2cc3[nH]c(=O)[nH]c3cc2Br)ccc1Cl. The van der Waals surface area contributed by atoms with Crippen LogP contribution in [0.4, 0.5) is 5.69 Å². The Bertz CT molecular complexity index is 1370. The number of aromatic nitrogens is 2. The molecular weight excluding hydrogens is 532 g/mol. The number of esters is 1. The molecule has 0 aliphatic carbocycles. The third kappa shape index (κ3) is 5.02. The molecule has 0 bridgehead atoms. The summed E-state index contributed by atoms with van der Waals surface area (Å²) in [6, 6.07) is 6.64. The zero-order chi connectivity index (χ0) is 23.6. The second kappa shape index (κ2) is 9.42. The van der Waals surface area contributed by atoms with Crippen molar-refractivity contribution in [3.63, 3.8) is 0 Å². The first-order valence-corrected chi connectivity index (χ1v) is 11.3. The van der Waals surface area contributed by atoms with Gasteiger partial charge in [-0.05, 0) is 46.3 Å². The fraction of sp³-hybridized carbons (Fsp3) is 0.167. The van der Waals surface area contributed by atoms with Gasteiger partial charge in [0, 0.05) is 11.5 Å². The monoisotopic (exact) mass is 546 g/mol. The molecule has 1 heterocycles. The van der Waals surface area contributed by atoms with Crippen molar-refractivity contribution in [1.82, 2.24) is 14.4 Å². The Morgan fingerprint density at radius 1 is 1.19 bits per heavy atom. The van der Waals surface area contributed by atoms with Crippen molar-refractivity contribution in [2.24, 2.45) is 0 Å². The van der Waals surface area contributed by atoms with E-state index >= 15 is 0 Å². The number of ether oxygens (including phenoxy) is 1. The van der Waals surface area contributed by atoms with Gasteiger partial charge in [-0.25, -0.2) is 18.0 Å². The van der Waals surface area contributed by atoms with E-state index in [-0.39, 0.29) is 15.5 Å². The van der Waals surface area contributed by atoms with Crippen LogP contribution in [0.3, 0.4) is 0 Å². The summed E-state index contributed by atoms with van der Waals surface area (Å²) >= 11 is 9.24. The highest BCUT2D eigenvalue weighted by atomic mass is 79.9. The number of sulfonamides is 1. The number of hydrogen-bond acceptors (Lipinski definition) is 7. The standard InChI is InChI=1S/C18H16BrClN4O7S/c1-24(30-2)32(28,29)15-5-9(3-4-11(15)20)17(26)31-8-16(25)21-12-7-14-13(6-10(12)19)22-18(27)23-14/h3-7H,8H2,1-2H3,(H,21,25)(H2,22,23,27). The molecule has 1 amide bonds. The number of fused-ring (bicyclic) bond motifs is 1. The Labute approximate surface area is 194 Å². The third-order valence-corrected chi connectivity index (χ3v) is 7.07. The molecule has 0 aliphatic heterocycles. The number of halogens is 2. The first-order valence-electron chi connectivity index (χ1n) is 8.74. The Hall–Kier alpha value is -2.71. The van der Waals surface area contributed by atoms with E-state index in [9.17, 15) is 22.8 Å². The Balaban J connectivity index is 1.71. The lowest BCUT2D eigenvalue weighted by atomic mass is 10.2. The zero-order valence-electron chi connectivity index (χ0n) is 16.6. The first kappa shape index (κ1) is 23.9. The van der Waals surface area contributed by atoms with Gasteiger partial charge in [-0.2, -0.15) is 0 Å². The van der Waals surface area contributed by atoms with Crippen molar-refractivity contribution in [2.45, 2.75) is 4.90 Å². The van der Waals surface area contributed by atoms with E-state index in [0.29, 0.717) is 25.7 Å². The van der Waals surface area contributed by atoms with Crippen molar-refractivity contribution < 1.29 is 27.6 Å². The van der Waals surface area contributed by atoms with Gasteiger partial charge in [-0.15, -0.1) is 0 Å². The molecule has 32 heavy (non-hydrogen) atoms. The minimum atomic E-state index is -4.11. The van der Waals surface area contributed by atoms with Gasteiger partial charge in [0.1, 0.15) is 4.90 Å². The highest BCUT2D eigenvalue weighted by Gasteiger charge is 2.25. The molecule has 0 unspecified atom stereocenters. The van der Waals surface area contributed by atoms with Gasteiger partial charge in [-0.3, -0.25) is 9.63 Å². The van der Waals surface area contributed by atoms with Gasteiger partial charge in [-0.1, -0.05) is 16.1 Å². The number of rotatable bonds is 7. The highest BCUT2D eigenvalue weighted by Crippen LogP contribution is 2.27. The Morgan fingerprint density at radius 3 is 2.50 bits per heavy atom. The molecule has 0 atom stereocenters. The van der Waals surface area contributed by atoms with E-state index in [0.717, 1.165) is 13.2 Å². The molecule has 0 saturated heterocycles. The molecule has 170 valence electrons. The number of carbonyl (C=O) groups excluding carboxylic acids is 2. The van der Waals surface area contributed by atoms with Crippen LogP contribution in [0.25, 0.3) is 11.0 Å². The van der Waals surface area contributed by atoms with Crippen LogP contribution < -0.4 is 11.0 Å². The molecule has 14 heteroatoms. The average Bonchev–Trinajstić information content (AvgIpc) is 3.10. The molecule has 1 aromatic heterocycles. The normalized spacial score (nSPS) is 11.7. The minimum Gasteiger partial charge on any atom is -0.452 e. The van der Waals surface area contributed by atoms with Gasteiger partial charge in [0.25, 0.3) is 15.9 Å². The zero-order valence-corrected chi connectivity index (χ0v) is 19.7. The number of benzene rings is 2. The number of amides is 1. The average molecular weight is 548 g/mol. The number of hydrogen-bond donors (Lipinski definition) is 3. The molecule has 0 aliphatic rings. The summed E-state index contributed by atoms with van der Waals surface area (Å²) in [7, 11) is -1.78. The topological polar surface area (TPSA) is 151 Å². The summed E-state index contributed by atoms with van der Waals surface area (Å²) in [4.78, 5) is 45.4. The second-order valence-corrected chi connectivity index (χ2v) is 9.49. The summed E-state index contributed by atoms with van der Waals surface area (Å²) in [6.07, 6.45) is 0. The van der Waals surface area contributed by atoms with E-state index in [1.54, 1.807) is 6.07 Å². The number of H-pyrrole nitrogens is 2. The predicted molar refractivity (Wildman–Crippen MR) is 119 cm³/mol. The van der Waals surface area contributed by atoms with Crippen molar-refractivity contribution >= 4 is 66.2 Å². The van der Waals surface area contributed by atoms with E-state index in [1.807, 2.05) is 0 Å². The van der Waals surface area contributed by atoms with Gasteiger partial charge in [0.15, 0.2) is 6.61 Å². The molecule has 2 aromatic carbocycles. The maximum atomic E-state index is 12.4. The van der Waals surface area contributed by atoms with E-state index < -0.39 is 34.2 Å². The number of carbonyl (C=O) groups is 2. The summed E-state index contributed by atoms with van der Waals surface area (Å²) in [6.45, 7) is -0.643. The van der Waals surface area contributed by atoms with Crippen molar-refractivity contribution in [3.8, 4) is 0 Å². The lowest BCUT2D eigenvalue weighted by Crippen LogP contribution is -2.26. The largest absolute Gasteiger partial charge is 0.452 e.